The number of aromatic amines is 1. The average molecular weight is 323 g/mol. The van der Waals surface area contributed by atoms with E-state index in [1.165, 1.54) is 10.7 Å². The summed E-state index contributed by atoms with van der Waals surface area (Å²) in [6, 6.07) is 10.4. The molecule has 0 radical (unpaired) electrons. The Hall–Kier alpha value is -3.22. The first-order valence-electron chi connectivity index (χ1n) is 7.45. The highest BCUT2D eigenvalue weighted by Crippen LogP contribution is 2.15. The van der Waals surface area contributed by atoms with Gasteiger partial charge in [0.15, 0.2) is 0 Å². The molecule has 7 nitrogen and oxygen atoms in total. The third-order valence-electron chi connectivity index (χ3n) is 3.41. The number of H-pyrrole nitrogens is 1. The van der Waals surface area contributed by atoms with Crippen molar-refractivity contribution in [3.63, 3.8) is 0 Å². The van der Waals surface area contributed by atoms with Crippen molar-refractivity contribution in [1.82, 2.24) is 19.7 Å². The van der Waals surface area contributed by atoms with Gasteiger partial charge in [0.2, 0.25) is 5.95 Å². The van der Waals surface area contributed by atoms with E-state index in [9.17, 15) is 9.59 Å². The summed E-state index contributed by atoms with van der Waals surface area (Å²) >= 11 is 0. The van der Waals surface area contributed by atoms with E-state index < -0.39 is 0 Å². The molecule has 3 aromatic rings. The molecule has 0 bridgehead atoms. The van der Waals surface area contributed by atoms with Crippen molar-refractivity contribution < 1.29 is 4.79 Å². The molecule has 0 atom stereocenters. The summed E-state index contributed by atoms with van der Waals surface area (Å²) in [4.78, 5) is 31.0. The van der Waals surface area contributed by atoms with Gasteiger partial charge in [-0.1, -0.05) is 17.7 Å². The minimum Gasteiger partial charge on any atom is -0.306 e. The third-order valence-corrected chi connectivity index (χ3v) is 3.41. The highest BCUT2D eigenvalue weighted by Gasteiger charge is 2.14. The summed E-state index contributed by atoms with van der Waals surface area (Å²) in [5.74, 6) is 0.440. The predicted octanol–water partition coefficient (Wildman–Crippen LogP) is 2.13. The number of nitrogens with zero attached hydrogens (tertiary/aromatic N) is 3. The minimum atomic E-state index is -0.276. The number of carbonyl (C=O) groups is 1. The number of amides is 1. The van der Waals surface area contributed by atoms with Gasteiger partial charge in [0.25, 0.3) is 11.5 Å². The number of hydrogen-bond donors (Lipinski definition) is 2. The lowest BCUT2D eigenvalue weighted by molar-refractivity contribution is 0.102. The number of carbonyl (C=O) groups excluding carboxylic acids is 1. The van der Waals surface area contributed by atoms with Crippen LogP contribution in [0, 0.1) is 20.8 Å². The van der Waals surface area contributed by atoms with Crippen molar-refractivity contribution in [2.45, 2.75) is 20.8 Å². The molecular weight excluding hydrogens is 306 g/mol. The molecule has 1 aromatic carbocycles. The number of rotatable bonds is 3. The molecule has 0 unspecified atom stereocenters. The number of benzene rings is 1. The van der Waals surface area contributed by atoms with Gasteiger partial charge in [0.1, 0.15) is 5.82 Å². The van der Waals surface area contributed by atoms with Gasteiger partial charge in [-0.2, -0.15) is 9.78 Å². The Morgan fingerprint density at radius 2 is 1.92 bits per heavy atom. The summed E-state index contributed by atoms with van der Waals surface area (Å²) in [5.41, 5.74) is 2.53. The zero-order chi connectivity index (χ0) is 17.3. The monoisotopic (exact) mass is 323 g/mol. The quantitative estimate of drug-likeness (QED) is 0.772. The smallest absolute Gasteiger partial charge is 0.256 e. The second kappa shape index (κ2) is 6.11. The highest BCUT2D eigenvalue weighted by molar-refractivity contribution is 6.04. The van der Waals surface area contributed by atoms with Crippen LogP contribution in [-0.2, 0) is 0 Å². The van der Waals surface area contributed by atoms with E-state index in [1.54, 1.807) is 32.0 Å². The maximum atomic E-state index is 12.4. The van der Waals surface area contributed by atoms with Crippen LogP contribution >= 0.6 is 0 Å². The van der Waals surface area contributed by atoms with Crippen molar-refractivity contribution in [2.75, 3.05) is 5.32 Å². The molecule has 1 amide bonds. The van der Waals surface area contributed by atoms with Gasteiger partial charge in [-0.15, -0.1) is 0 Å². The van der Waals surface area contributed by atoms with Crippen LogP contribution in [-0.4, -0.2) is 25.7 Å². The fraction of sp³-hybridized carbons (Fsp3) is 0.176. The molecule has 0 aliphatic rings. The van der Waals surface area contributed by atoms with Crippen molar-refractivity contribution in [1.29, 1.82) is 0 Å². The Morgan fingerprint density at radius 1 is 1.12 bits per heavy atom. The van der Waals surface area contributed by atoms with Crippen LogP contribution in [0.25, 0.3) is 5.95 Å². The molecular formula is C17H17N5O2. The maximum absolute atomic E-state index is 12.4. The molecule has 2 heterocycles. The van der Waals surface area contributed by atoms with E-state index in [4.69, 9.17) is 0 Å². The highest BCUT2D eigenvalue weighted by atomic mass is 16.1. The zero-order valence-corrected chi connectivity index (χ0v) is 13.6. The number of aromatic nitrogens is 4. The SMILES string of the molecule is Cc1cccc(C(=O)Nc2cc(C)nn2-c2nc(C)cc(=O)[nH]2)c1. The number of hydrogen-bond acceptors (Lipinski definition) is 4. The van der Waals surface area contributed by atoms with Gasteiger partial charge in [-0.05, 0) is 32.9 Å². The number of aryl methyl sites for hydroxylation is 3. The standard InChI is InChI=1S/C17H17N5O2/c1-10-5-4-6-13(7-10)16(24)19-14-8-12(3)21-22(14)17-18-11(2)9-15(23)20-17/h4-9H,1-3H3,(H,19,24)(H,18,20,23). The molecule has 0 aliphatic heterocycles. The van der Waals surface area contributed by atoms with Crippen LogP contribution in [0.15, 0.2) is 41.2 Å². The van der Waals surface area contributed by atoms with Gasteiger partial charge in [0, 0.05) is 23.4 Å². The summed E-state index contributed by atoms with van der Waals surface area (Å²) in [5, 5.41) is 7.11. The molecule has 0 aliphatic carbocycles. The predicted molar refractivity (Wildman–Crippen MR) is 90.6 cm³/mol. The fourth-order valence-corrected chi connectivity index (χ4v) is 2.39. The molecule has 2 aromatic heterocycles. The summed E-state index contributed by atoms with van der Waals surface area (Å²) in [6.45, 7) is 5.44. The third kappa shape index (κ3) is 3.24. The largest absolute Gasteiger partial charge is 0.306 e. The van der Waals surface area contributed by atoms with Crippen LogP contribution in [0.3, 0.4) is 0 Å². The molecule has 0 saturated heterocycles. The van der Waals surface area contributed by atoms with E-state index in [2.05, 4.69) is 20.4 Å². The van der Waals surface area contributed by atoms with Gasteiger partial charge < -0.3 is 5.32 Å². The van der Waals surface area contributed by atoms with E-state index in [0.717, 1.165) is 5.56 Å². The first-order chi connectivity index (χ1) is 11.4. The Balaban J connectivity index is 1.97. The molecule has 2 N–H and O–H groups in total. The summed E-state index contributed by atoms with van der Waals surface area (Å²) in [7, 11) is 0. The Morgan fingerprint density at radius 3 is 2.62 bits per heavy atom. The van der Waals surface area contributed by atoms with Crippen LogP contribution in [0.1, 0.15) is 27.3 Å². The molecule has 3 rings (SSSR count). The first kappa shape index (κ1) is 15.7. The van der Waals surface area contributed by atoms with Crippen molar-refractivity contribution >= 4 is 11.7 Å². The molecule has 0 saturated carbocycles. The van der Waals surface area contributed by atoms with E-state index in [-0.39, 0.29) is 17.4 Å². The Labute approximate surface area is 138 Å². The molecule has 0 fully saturated rings. The van der Waals surface area contributed by atoms with E-state index >= 15 is 0 Å². The molecule has 7 heteroatoms. The second-order valence-electron chi connectivity index (χ2n) is 5.62. The minimum absolute atomic E-state index is 0.255. The molecule has 0 spiro atoms. The van der Waals surface area contributed by atoms with Crippen molar-refractivity contribution in [2.24, 2.45) is 0 Å². The van der Waals surface area contributed by atoms with E-state index in [0.29, 0.717) is 22.8 Å². The lowest BCUT2D eigenvalue weighted by Gasteiger charge is -2.08. The van der Waals surface area contributed by atoms with Gasteiger partial charge >= 0.3 is 0 Å². The Kier molecular flexibility index (Phi) is 3.99. The summed E-state index contributed by atoms with van der Waals surface area (Å²) in [6.07, 6.45) is 0. The number of nitrogens with one attached hydrogen (secondary N) is 2. The fourth-order valence-electron chi connectivity index (χ4n) is 2.39. The van der Waals surface area contributed by atoms with Crippen LogP contribution in [0.2, 0.25) is 0 Å². The van der Waals surface area contributed by atoms with Crippen LogP contribution in [0.5, 0.6) is 0 Å². The zero-order valence-electron chi connectivity index (χ0n) is 13.6. The molecule has 122 valence electrons. The molecule has 24 heavy (non-hydrogen) atoms. The van der Waals surface area contributed by atoms with Crippen molar-refractivity contribution in [3.8, 4) is 5.95 Å². The lowest BCUT2D eigenvalue weighted by Crippen LogP contribution is -2.19. The topological polar surface area (TPSA) is 92.7 Å². The lowest BCUT2D eigenvalue weighted by atomic mass is 10.1. The maximum Gasteiger partial charge on any atom is 0.256 e. The van der Waals surface area contributed by atoms with Crippen LogP contribution in [0.4, 0.5) is 5.82 Å². The van der Waals surface area contributed by atoms with Gasteiger partial charge in [-0.25, -0.2) is 4.98 Å². The number of anilines is 1. The van der Waals surface area contributed by atoms with Gasteiger partial charge in [-0.3, -0.25) is 14.6 Å². The normalized spacial score (nSPS) is 10.6. The summed E-state index contributed by atoms with van der Waals surface area (Å²) < 4.78 is 1.41. The van der Waals surface area contributed by atoms with E-state index in [1.807, 2.05) is 19.1 Å². The van der Waals surface area contributed by atoms with Crippen LogP contribution < -0.4 is 10.9 Å². The first-order valence-corrected chi connectivity index (χ1v) is 7.45. The average Bonchev–Trinajstić information content (AvgIpc) is 2.87. The van der Waals surface area contributed by atoms with Crippen molar-refractivity contribution in [3.05, 3.63) is 69.3 Å². The Bertz CT molecular complexity index is 971. The van der Waals surface area contributed by atoms with Gasteiger partial charge in [0.05, 0.1) is 5.69 Å². The second-order valence-corrected chi connectivity index (χ2v) is 5.62.